The van der Waals surface area contributed by atoms with E-state index in [0.29, 0.717) is 6.04 Å². The normalized spacial score (nSPS) is 19.0. The van der Waals surface area contributed by atoms with Gasteiger partial charge in [-0.05, 0) is 44.2 Å². The highest BCUT2D eigenvalue weighted by atomic mass is 35.5. The molecule has 1 aromatic heterocycles. The molecule has 0 saturated heterocycles. The second-order valence-corrected chi connectivity index (χ2v) is 5.59. The van der Waals surface area contributed by atoms with Gasteiger partial charge < -0.3 is 5.32 Å². The molecule has 1 unspecified atom stereocenters. The van der Waals surface area contributed by atoms with E-state index in [9.17, 15) is 0 Å². The molecule has 2 rings (SSSR count). The lowest BCUT2D eigenvalue weighted by molar-refractivity contribution is 0.636. The smallest absolute Gasteiger partial charge is 0.0643 e. The van der Waals surface area contributed by atoms with Gasteiger partial charge in [-0.3, -0.25) is 0 Å². The fourth-order valence-corrected chi connectivity index (χ4v) is 3.62. The zero-order valence-corrected chi connectivity index (χ0v) is 11.2. The van der Waals surface area contributed by atoms with Crippen molar-refractivity contribution in [2.24, 2.45) is 0 Å². The summed E-state index contributed by atoms with van der Waals surface area (Å²) in [7, 11) is 2.02. The van der Waals surface area contributed by atoms with E-state index < -0.39 is 0 Å². The predicted octanol–water partition coefficient (Wildman–Crippen LogP) is 4.55. The minimum Gasteiger partial charge on any atom is -0.309 e. The second-order valence-electron chi connectivity index (χ2n) is 4.23. The van der Waals surface area contributed by atoms with E-state index in [1.54, 1.807) is 11.3 Å². The quantitative estimate of drug-likeness (QED) is 0.782. The van der Waals surface area contributed by atoms with Gasteiger partial charge in [-0.15, -0.1) is 11.3 Å². The standard InChI is InChI=1S/C13H18ClNS/c1-15-12(13-11(14)8-9-16-13)10-6-4-2-3-5-7-10/h6,8-9,12,15H,2-5,7H2,1H3. The SMILES string of the molecule is CNC(C1=CCCCCC1)c1sccc1Cl. The Hall–Kier alpha value is -0.310. The first-order valence-electron chi connectivity index (χ1n) is 5.92. The van der Waals surface area contributed by atoms with Crippen LogP contribution in [0.1, 0.15) is 43.0 Å². The van der Waals surface area contributed by atoms with E-state index in [4.69, 9.17) is 11.6 Å². The molecule has 1 nitrogen and oxygen atoms in total. The molecule has 3 heteroatoms. The van der Waals surface area contributed by atoms with Crippen LogP contribution in [0.2, 0.25) is 5.02 Å². The first-order chi connectivity index (χ1) is 7.83. The number of hydrogen-bond acceptors (Lipinski definition) is 2. The highest BCUT2D eigenvalue weighted by Crippen LogP contribution is 2.35. The van der Waals surface area contributed by atoms with E-state index in [0.717, 1.165) is 5.02 Å². The molecule has 0 saturated carbocycles. The summed E-state index contributed by atoms with van der Waals surface area (Å²) < 4.78 is 0. The highest BCUT2D eigenvalue weighted by Gasteiger charge is 2.19. The second kappa shape index (κ2) is 5.85. The predicted molar refractivity (Wildman–Crippen MR) is 72.3 cm³/mol. The van der Waals surface area contributed by atoms with E-state index in [1.807, 2.05) is 13.1 Å². The molecule has 0 bridgehead atoms. The van der Waals surface area contributed by atoms with E-state index in [-0.39, 0.29) is 0 Å². The molecule has 0 amide bonds. The van der Waals surface area contributed by atoms with Crippen LogP contribution in [0.5, 0.6) is 0 Å². The van der Waals surface area contributed by atoms with Crippen molar-refractivity contribution in [2.75, 3.05) is 7.05 Å². The summed E-state index contributed by atoms with van der Waals surface area (Å²) in [6, 6.07) is 2.31. The van der Waals surface area contributed by atoms with Crippen LogP contribution in [0, 0.1) is 0 Å². The fourth-order valence-electron chi connectivity index (χ4n) is 2.30. The topological polar surface area (TPSA) is 12.0 Å². The summed E-state index contributed by atoms with van der Waals surface area (Å²) in [5.41, 5.74) is 1.52. The zero-order chi connectivity index (χ0) is 11.4. The average Bonchev–Trinajstić information content (AvgIpc) is 2.57. The fraction of sp³-hybridized carbons (Fsp3) is 0.538. The van der Waals surface area contributed by atoms with E-state index >= 15 is 0 Å². The molecule has 0 fully saturated rings. The number of halogens is 1. The van der Waals surface area contributed by atoms with Crippen LogP contribution in [0.25, 0.3) is 0 Å². The molecule has 0 aliphatic heterocycles. The maximum absolute atomic E-state index is 6.22. The Kier molecular flexibility index (Phi) is 4.45. The maximum atomic E-state index is 6.22. The summed E-state index contributed by atoms with van der Waals surface area (Å²) >= 11 is 7.96. The number of rotatable bonds is 3. The molecule has 1 aliphatic carbocycles. The Morgan fingerprint density at radius 3 is 2.94 bits per heavy atom. The average molecular weight is 256 g/mol. The summed E-state index contributed by atoms with van der Waals surface area (Å²) in [6.45, 7) is 0. The molecule has 16 heavy (non-hydrogen) atoms. The van der Waals surface area contributed by atoms with Crippen LogP contribution < -0.4 is 5.32 Å². The van der Waals surface area contributed by atoms with Crippen LogP contribution in [-0.2, 0) is 0 Å². The van der Waals surface area contributed by atoms with Crippen molar-refractivity contribution in [3.05, 3.63) is 33.0 Å². The number of likely N-dealkylation sites (N-methyl/N-ethyl adjacent to an activating group) is 1. The van der Waals surface area contributed by atoms with Gasteiger partial charge in [0.25, 0.3) is 0 Å². The van der Waals surface area contributed by atoms with Gasteiger partial charge >= 0.3 is 0 Å². The minimum absolute atomic E-state index is 0.325. The molecule has 1 atom stereocenters. The lowest BCUT2D eigenvalue weighted by atomic mass is 10.0. The van der Waals surface area contributed by atoms with Crippen molar-refractivity contribution in [1.82, 2.24) is 5.32 Å². The summed E-state index contributed by atoms with van der Waals surface area (Å²) in [6.07, 6.45) is 8.83. The third kappa shape index (κ3) is 2.68. The molecule has 0 spiro atoms. The van der Waals surface area contributed by atoms with Crippen molar-refractivity contribution in [1.29, 1.82) is 0 Å². The first kappa shape index (κ1) is 12.2. The summed E-state index contributed by atoms with van der Waals surface area (Å²) in [5, 5.41) is 6.37. The summed E-state index contributed by atoms with van der Waals surface area (Å²) in [4.78, 5) is 1.26. The van der Waals surface area contributed by atoms with Crippen LogP contribution in [-0.4, -0.2) is 7.05 Å². The largest absolute Gasteiger partial charge is 0.309 e. The molecule has 1 aliphatic rings. The molecule has 1 heterocycles. The van der Waals surface area contributed by atoms with E-state index in [2.05, 4.69) is 16.8 Å². The number of thiophene rings is 1. The van der Waals surface area contributed by atoms with Gasteiger partial charge in [-0.25, -0.2) is 0 Å². The monoisotopic (exact) mass is 255 g/mol. The van der Waals surface area contributed by atoms with Gasteiger partial charge in [0.05, 0.1) is 11.1 Å². The molecular weight excluding hydrogens is 238 g/mol. The van der Waals surface area contributed by atoms with Crippen LogP contribution >= 0.6 is 22.9 Å². The van der Waals surface area contributed by atoms with Gasteiger partial charge in [0, 0.05) is 4.88 Å². The number of allylic oxidation sites excluding steroid dienone is 1. The van der Waals surface area contributed by atoms with Gasteiger partial charge in [0.2, 0.25) is 0 Å². The Balaban J connectivity index is 2.21. The number of hydrogen-bond donors (Lipinski definition) is 1. The minimum atomic E-state index is 0.325. The zero-order valence-electron chi connectivity index (χ0n) is 9.63. The van der Waals surface area contributed by atoms with E-state index in [1.165, 1.54) is 42.6 Å². The van der Waals surface area contributed by atoms with Crippen molar-refractivity contribution in [2.45, 2.75) is 38.1 Å². The molecule has 1 aromatic rings. The Morgan fingerprint density at radius 1 is 1.38 bits per heavy atom. The first-order valence-corrected chi connectivity index (χ1v) is 7.17. The molecular formula is C13H18ClNS. The lowest BCUT2D eigenvalue weighted by Crippen LogP contribution is -2.17. The van der Waals surface area contributed by atoms with Crippen LogP contribution in [0.4, 0.5) is 0 Å². The Morgan fingerprint density at radius 2 is 2.25 bits per heavy atom. The Bertz CT molecular complexity index is 370. The lowest BCUT2D eigenvalue weighted by Gasteiger charge is -2.18. The van der Waals surface area contributed by atoms with Crippen LogP contribution in [0.15, 0.2) is 23.1 Å². The third-order valence-corrected chi connectivity index (χ3v) is 4.57. The Labute approximate surface area is 107 Å². The van der Waals surface area contributed by atoms with Gasteiger partial charge in [0.1, 0.15) is 0 Å². The van der Waals surface area contributed by atoms with Crippen molar-refractivity contribution < 1.29 is 0 Å². The van der Waals surface area contributed by atoms with Gasteiger partial charge in [-0.1, -0.05) is 29.7 Å². The molecule has 0 aromatic carbocycles. The molecule has 88 valence electrons. The van der Waals surface area contributed by atoms with Gasteiger partial charge in [-0.2, -0.15) is 0 Å². The summed E-state index contributed by atoms with van der Waals surface area (Å²) in [5.74, 6) is 0. The van der Waals surface area contributed by atoms with Crippen molar-refractivity contribution in [3.63, 3.8) is 0 Å². The third-order valence-electron chi connectivity index (χ3n) is 3.14. The molecule has 1 N–H and O–H groups in total. The van der Waals surface area contributed by atoms with Crippen LogP contribution in [0.3, 0.4) is 0 Å². The highest BCUT2D eigenvalue weighted by molar-refractivity contribution is 7.10. The number of nitrogens with one attached hydrogen (secondary N) is 1. The van der Waals surface area contributed by atoms with Gasteiger partial charge in [0.15, 0.2) is 0 Å². The van der Waals surface area contributed by atoms with Crippen molar-refractivity contribution >= 4 is 22.9 Å². The molecule has 0 radical (unpaired) electrons. The van der Waals surface area contributed by atoms with Crippen molar-refractivity contribution in [3.8, 4) is 0 Å². The maximum Gasteiger partial charge on any atom is 0.0643 e.